The molecule has 0 aliphatic heterocycles. The Kier molecular flexibility index (Phi) is 6.29. The molecule has 0 radical (unpaired) electrons. The fourth-order valence-corrected chi connectivity index (χ4v) is 1.70. The highest BCUT2D eigenvalue weighted by Crippen LogP contribution is 2.22. The van der Waals surface area contributed by atoms with Crippen LogP contribution in [0.4, 0.5) is 4.39 Å². The molecule has 5 heteroatoms. The van der Waals surface area contributed by atoms with Crippen LogP contribution in [0, 0.1) is 5.82 Å². The number of esters is 1. The molecule has 0 amide bonds. The lowest BCUT2D eigenvalue weighted by atomic mass is 10.1. The molecule has 0 aromatic heterocycles. The number of carbonyl (C=O) groups is 1. The second-order valence-electron chi connectivity index (χ2n) is 4.06. The summed E-state index contributed by atoms with van der Waals surface area (Å²) in [6.45, 7) is 4.25. The van der Waals surface area contributed by atoms with Gasteiger partial charge in [0.25, 0.3) is 0 Å². The maximum Gasteiger partial charge on any atom is 0.347 e. The number of rotatable bonds is 7. The molecule has 4 nitrogen and oxygen atoms in total. The molecule has 0 aliphatic rings. The van der Waals surface area contributed by atoms with Crippen LogP contribution in [-0.4, -0.2) is 25.2 Å². The fourth-order valence-electron chi connectivity index (χ4n) is 1.70. The van der Waals surface area contributed by atoms with Crippen molar-refractivity contribution in [3.8, 4) is 5.75 Å². The zero-order valence-electron chi connectivity index (χ0n) is 11.3. The standard InChI is InChI=1S/C14H20FNO3/c1-3-12(14(17)18-4-2)19-13-6-5-11(15)9-10(13)7-8-16/h5-6,9,12H,3-4,7-8,16H2,1-2H3. The molecule has 19 heavy (non-hydrogen) atoms. The van der Waals surface area contributed by atoms with Gasteiger partial charge in [0.1, 0.15) is 11.6 Å². The van der Waals surface area contributed by atoms with E-state index in [1.807, 2.05) is 6.92 Å². The minimum atomic E-state index is -0.679. The van der Waals surface area contributed by atoms with E-state index in [9.17, 15) is 9.18 Å². The van der Waals surface area contributed by atoms with Gasteiger partial charge in [-0.3, -0.25) is 0 Å². The van der Waals surface area contributed by atoms with Crippen LogP contribution in [0.5, 0.6) is 5.75 Å². The second kappa shape index (κ2) is 7.74. The fraction of sp³-hybridized carbons (Fsp3) is 0.500. The highest BCUT2D eigenvalue weighted by atomic mass is 19.1. The average Bonchev–Trinajstić information content (AvgIpc) is 2.38. The van der Waals surface area contributed by atoms with Crippen molar-refractivity contribution in [3.63, 3.8) is 0 Å². The summed E-state index contributed by atoms with van der Waals surface area (Å²) in [6, 6.07) is 4.19. The summed E-state index contributed by atoms with van der Waals surface area (Å²) in [7, 11) is 0. The molecule has 1 aromatic carbocycles. The van der Waals surface area contributed by atoms with Gasteiger partial charge < -0.3 is 15.2 Å². The molecule has 1 aromatic rings. The molecule has 0 fully saturated rings. The molecule has 0 bridgehead atoms. The van der Waals surface area contributed by atoms with Crippen LogP contribution in [0.3, 0.4) is 0 Å². The SMILES string of the molecule is CCOC(=O)C(CC)Oc1ccc(F)cc1CCN. The molecule has 0 saturated heterocycles. The highest BCUT2D eigenvalue weighted by Gasteiger charge is 2.20. The van der Waals surface area contributed by atoms with Crippen LogP contribution in [0.1, 0.15) is 25.8 Å². The van der Waals surface area contributed by atoms with Gasteiger partial charge >= 0.3 is 5.97 Å². The van der Waals surface area contributed by atoms with Crippen molar-refractivity contribution in [2.75, 3.05) is 13.2 Å². The van der Waals surface area contributed by atoms with E-state index in [0.717, 1.165) is 0 Å². The van der Waals surface area contributed by atoms with Crippen molar-refractivity contribution < 1.29 is 18.7 Å². The lowest BCUT2D eigenvalue weighted by Crippen LogP contribution is -2.29. The Hall–Kier alpha value is -1.62. The number of carbonyl (C=O) groups excluding carboxylic acids is 1. The van der Waals surface area contributed by atoms with E-state index in [1.54, 1.807) is 6.92 Å². The molecule has 0 aliphatic carbocycles. The van der Waals surface area contributed by atoms with E-state index in [0.29, 0.717) is 37.3 Å². The Morgan fingerprint density at radius 2 is 2.16 bits per heavy atom. The first-order chi connectivity index (χ1) is 9.12. The predicted octanol–water partition coefficient (Wildman–Crippen LogP) is 2.05. The van der Waals surface area contributed by atoms with Gasteiger partial charge in [0.15, 0.2) is 6.10 Å². The first kappa shape index (κ1) is 15.4. The molecule has 1 unspecified atom stereocenters. The Balaban J connectivity index is 2.86. The van der Waals surface area contributed by atoms with Crippen molar-refractivity contribution in [2.24, 2.45) is 5.73 Å². The smallest absolute Gasteiger partial charge is 0.347 e. The molecule has 0 saturated carbocycles. The van der Waals surface area contributed by atoms with E-state index in [4.69, 9.17) is 15.2 Å². The summed E-state index contributed by atoms with van der Waals surface area (Å²) >= 11 is 0. The molecular weight excluding hydrogens is 249 g/mol. The largest absolute Gasteiger partial charge is 0.478 e. The van der Waals surface area contributed by atoms with Gasteiger partial charge in [0.05, 0.1) is 6.61 Å². The maximum absolute atomic E-state index is 13.2. The topological polar surface area (TPSA) is 61.5 Å². The minimum Gasteiger partial charge on any atom is -0.478 e. The zero-order valence-corrected chi connectivity index (χ0v) is 11.3. The lowest BCUT2D eigenvalue weighted by Gasteiger charge is -2.18. The summed E-state index contributed by atoms with van der Waals surface area (Å²) in [5.41, 5.74) is 6.14. The van der Waals surface area contributed by atoms with Gasteiger partial charge in [0, 0.05) is 0 Å². The Morgan fingerprint density at radius 3 is 2.74 bits per heavy atom. The van der Waals surface area contributed by atoms with Crippen molar-refractivity contribution in [2.45, 2.75) is 32.8 Å². The third kappa shape index (κ3) is 4.52. The van der Waals surface area contributed by atoms with Gasteiger partial charge in [-0.25, -0.2) is 9.18 Å². The molecule has 0 heterocycles. The number of hydrogen-bond acceptors (Lipinski definition) is 4. The maximum atomic E-state index is 13.2. The van der Waals surface area contributed by atoms with Crippen molar-refractivity contribution in [3.05, 3.63) is 29.6 Å². The summed E-state index contributed by atoms with van der Waals surface area (Å²) < 4.78 is 23.7. The van der Waals surface area contributed by atoms with E-state index < -0.39 is 12.1 Å². The number of benzene rings is 1. The predicted molar refractivity (Wildman–Crippen MR) is 70.5 cm³/mol. The van der Waals surface area contributed by atoms with Crippen LogP contribution in [0.25, 0.3) is 0 Å². The number of hydrogen-bond donors (Lipinski definition) is 1. The van der Waals surface area contributed by atoms with E-state index >= 15 is 0 Å². The number of ether oxygens (including phenoxy) is 2. The Labute approximate surface area is 112 Å². The van der Waals surface area contributed by atoms with Crippen LogP contribution >= 0.6 is 0 Å². The van der Waals surface area contributed by atoms with Crippen LogP contribution in [0.2, 0.25) is 0 Å². The first-order valence-corrected chi connectivity index (χ1v) is 6.44. The molecular formula is C14H20FNO3. The molecule has 1 atom stereocenters. The molecule has 2 N–H and O–H groups in total. The second-order valence-corrected chi connectivity index (χ2v) is 4.06. The van der Waals surface area contributed by atoms with Gasteiger partial charge in [-0.2, -0.15) is 0 Å². The normalized spacial score (nSPS) is 12.0. The monoisotopic (exact) mass is 269 g/mol. The Bertz CT molecular complexity index is 423. The third-order valence-electron chi connectivity index (χ3n) is 2.63. The number of halogens is 1. The minimum absolute atomic E-state index is 0.303. The van der Waals surface area contributed by atoms with Crippen molar-refractivity contribution in [1.82, 2.24) is 0 Å². The van der Waals surface area contributed by atoms with Crippen LogP contribution < -0.4 is 10.5 Å². The van der Waals surface area contributed by atoms with Gasteiger partial charge in [-0.05, 0) is 50.1 Å². The number of nitrogens with two attached hydrogens (primary N) is 1. The molecule has 106 valence electrons. The summed E-state index contributed by atoms with van der Waals surface area (Å²) in [5.74, 6) is -0.278. The summed E-state index contributed by atoms with van der Waals surface area (Å²) in [4.78, 5) is 11.7. The average molecular weight is 269 g/mol. The van der Waals surface area contributed by atoms with Gasteiger partial charge in [-0.1, -0.05) is 6.92 Å². The van der Waals surface area contributed by atoms with E-state index in [2.05, 4.69) is 0 Å². The highest BCUT2D eigenvalue weighted by molar-refractivity contribution is 5.75. The van der Waals surface area contributed by atoms with E-state index in [-0.39, 0.29) is 5.82 Å². The molecule has 0 spiro atoms. The van der Waals surface area contributed by atoms with Gasteiger partial charge in [0.2, 0.25) is 0 Å². The lowest BCUT2D eigenvalue weighted by molar-refractivity contribution is -0.151. The van der Waals surface area contributed by atoms with Gasteiger partial charge in [-0.15, -0.1) is 0 Å². The molecule has 1 rings (SSSR count). The van der Waals surface area contributed by atoms with Crippen LogP contribution in [-0.2, 0) is 16.0 Å². The summed E-state index contributed by atoms with van der Waals surface area (Å²) in [5, 5.41) is 0. The quantitative estimate of drug-likeness (QED) is 0.769. The summed E-state index contributed by atoms with van der Waals surface area (Å²) in [6.07, 6.45) is 0.298. The first-order valence-electron chi connectivity index (χ1n) is 6.44. The third-order valence-corrected chi connectivity index (χ3v) is 2.63. The van der Waals surface area contributed by atoms with Crippen molar-refractivity contribution >= 4 is 5.97 Å². The van der Waals surface area contributed by atoms with Crippen molar-refractivity contribution in [1.29, 1.82) is 0 Å². The zero-order chi connectivity index (χ0) is 14.3. The Morgan fingerprint density at radius 1 is 1.42 bits per heavy atom. The van der Waals surface area contributed by atoms with E-state index in [1.165, 1.54) is 18.2 Å². The van der Waals surface area contributed by atoms with Crippen LogP contribution in [0.15, 0.2) is 18.2 Å².